The number of nitrogens with one attached hydrogen (secondary N) is 2. The van der Waals surface area contributed by atoms with Crippen LogP contribution in [-0.4, -0.2) is 10.3 Å². The first-order chi connectivity index (χ1) is 2.89. The highest BCUT2D eigenvalue weighted by atomic mass is 35.5. The minimum Gasteiger partial charge on any atom is -0.175 e. The standard InChI is InChI=1S/C2H2ClN3/c3-2-1-4-6-5-2/h1H,(H,4,5,6)/p+1. The van der Waals surface area contributed by atoms with Gasteiger partial charge in [0.25, 0.3) is 0 Å². The SMILES string of the molecule is Clc1c[nH+][nH]n1. The van der Waals surface area contributed by atoms with Crippen molar-refractivity contribution < 1.29 is 5.10 Å². The van der Waals surface area contributed by atoms with Crippen LogP contribution in [-0.2, 0) is 0 Å². The maximum absolute atomic E-state index is 5.28. The van der Waals surface area contributed by atoms with Crippen LogP contribution < -0.4 is 5.10 Å². The van der Waals surface area contributed by atoms with Crippen molar-refractivity contribution in [1.82, 2.24) is 10.3 Å². The number of halogens is 1. The Hall–Kier alpha value is -0.570. The zero-order chi connectivity index (χ0) is 4.41. The summed E-state index contributed by atoms with van der Waals surface area (Å²) in [6.07, 6.45) is 1.56. The molecule has 1 aromatic rings. The van der Waals surface area contributed by atoms with E-state index in [0.29, 0.717) is 5.15 Å². The minimum atomic E-state index is 0.454. The van der Waals surface area contributed by atoms with E-state index in [2.05, 4.69) is 15.4 Å². The van der Waals surface area contributed by atoms with E-state index >= 15 is 0 Å². The Morgan fingerprint density at radius 2 is 2.83 bits per heavy atom. The van der Waals surface area contributed by atoms with Crippen molar-refractivity contribution in [3.63, 3.8) is 0 Å². The molecule has 0 aliphatic rings. The lowest BCUT2D eigenvalue weighted by Crippen LogP contribution is -1.97. The molecule has 1 aromatic heterocycles. The fourth-order valence-electron chi connectivity index (χ4n) is 0.210. The molecule has 0 unspecified atom stereocenters. The maximum Gasteiger partial charge on any atom is 0.307 e. The summed E-state index contributed by atoms with van der Waals surface area (Å²) in [5, 5.41) is 8.94. The van der Waals surface area contributed by atoms with Gasteiger partial charge in [-0.3, -0.25) is 0 Å². The Kier molecular flexibility index (Phi) is 0.759. The number of aromatic amines is 2. The third kappa shape index (κ3) is 0.490. The van der Waals surface area contributed by atoms with Gasteiger partial charge in [-0.25, -0.2) is 0 Å². The van der Waals surface area contributed by atoms with Gasteiger partial charge in [0.05, 0.1) is 5.10 Å². The summed E-state index contributed by atoms with van der Waals surface area (Å²) in [5.41, 5.74) is 0. The Bertz CT molecular complexity index is 112. The van der Waals surface area contributed by atoms with E-state index in [-0.39, 0.29) is 0 Å². The molecule has 3 nitrogen and oxygen atoms in total. The van der Waals surface area contributed by atoms with Crippen LogP contribution in [0, 0.1) is 0 Å². The normalized spacial score (nSPS) is 8.83. The summed E-state index contributed by atoms with van der Waals surface area (Å²) >= 11 is 5.28. The molecule has 0 amide bonds. The van der Waals surface area contributed by atoms with Crippen LogP contribution in [0.4, 0.5) is 0 Å². The van der Waals surface area contributed by atoms with Crippen molar-refractivity contribution in [1.29, 1.82) is 0 Å². The largest absolute Gasteiger partial charge is 0.307 e. The van der Waals surface area contributed by atoms with Crippen molar-refractivity contribution in [2.75, 3.05) is 0 Å². The molecule has 0 aliphatic carbocycles. The molecule has 2 N–H and O–H groups in total. The average molecular weight is 105 g/mol. The zero-order valence-corrected chi connectivity index (χ0v) is 3.66. The predicted octanol–water partition coefficient (Wildman–Crippen LogP) is -0.123. The van der Waals surface area contributed by atoms with Gasteiger partial charge in [0.1, 0.15) is 0 Å². The molecule has 0 saturated heterocycles. The van der Waals surface area contributed by atoms with E-state index in [1.54, 1.807) is 6.20 Å². The van der Waals surface area contributed by atoms with Gasteiger partial charge in [0, 0.05) is 0 Å². The summed E-state index contributed by atoms with van der Waals surface area (Å²) in [6, 6.07) is 0. The Labute approximate surface area is 39.3 Å². The zero-order valence-electron chi connectivity index (χ0n) is 2.90. The van der Waals surface area contributed by atoms with Crippen molar-refractivity contribution in [2.45, 2.75) is 0 Å². The highest BCUT2D eigenvalue weighted by molar-refractivity contribution is 6.29. The van der Waals surface area contributed by atoms with Crippen LogP contribution in [0.1, 0.15) is 0 Å². The topological polar surface area (TPSA) is 42.8 Å². The van der Waals surface area contributed by atoms with Crippen molar-refractivity contribution in [2.24, 2.45) is 0 Å². The predicted molar refractivity (Wildman–Crippen MR) is 20.2 cm³/mol. The molecule has 32 valence electrons. The highest BCUT2D eigenvalue weighted by Crippen LogP contribution is 1.91. The van der Waals surface area contributed by atoms with E-state index in [1.807, 2.05) is 0 Å². The number of hydrogen-bond acceptors (Lipinski definition) is 1. The van der Waals surface area contributed by atoms with Crippen molar-refractivity contribution in [3.05, 3.63) is 11.3 Å². The number of H-pyrrole nitrogens is 2. The van der Waals surface area contributed by atoms with Crippen LogP contribution >= 0.6 is 11.6 Å². The summed E-state index contributed by atoms with van der Waals surface area (Å²) < 4.78 is 0. The van der Waals surface area contributed by atoms with Crippen molar-refractivity contribution >= 4 is 11.6 Å². The smallest absolute Gasteiger partial charge is 0.175 e. The molecule has 0 aliphatic heterocycles. The van der Waals surface area contributed by atoms with Gasteiger partial charge in [0.15, 0.2) is 6.20 Å². The first kappa shape index (κ1) is 3.61. The summed E-state index contributed by atoms with van der Waals surface area (Å²) in [5.74, 6) is 0. The van der Waals surface area contributed by atoms with Crippen LogP contribution in [0.25, 0.3) is 0 Å². The van der Waals surface area contributed by atoms with E-state index in [4.69, 9.17) is 11.6 Å². The van der Waals surface area contributed by atoms with Gasteiger partial charge in [-0.15, -0.1) is 0 Å². The van der Waals surface area contributed by atoms with E-state index in [1.165, 1.54) is 0 Å². The molecule has 0 radical (unpaired) electrons. The van der Waals surface area contributed by atoms with E-state index in [9.17, 15) is 0 Å². The third-order valence-corrected chi connectivity index (χ3v) is 0.612. The van der Waals surface area contributed by atoms with E-state index < -0.39 is 0 Å². The molecule has 0 spiro atoms. The number of aromatic nitrogens is 3. The molecule has 6 heavy (non-hydrogen) atoms. The average Bonchev–Trinajstić information content (AvgIpc) is 1.86. The molecule has 0 saturated carbocycles. The summed E-state index contributed by atoms with van der Waals surface area (Å²) in [4.78, 5) is 0. The van der Waals surface area contributed by atoms with Crippen LogP contribution in [0.3, 0.4) is 0 Å². The number of hydrogen-bond donors (Lipinski definition) is 1. The molecule has 1 heterocycles. The lowest BCUT2D eigenvalue weighted by atomic mass is 11.0. The summed E-state index contributed by atoms with van der Waals surface area (Å²) in [6.45, 7) is 0. The van der Waals surface area contributed by atoms with Crippen molar-refractivity contribution in [3.8, 4) is 0 Å². The quantitative estimate of drug-likeness (QED) is 0.490. The molecule has 0 atom stereocenters. The monoisotopic (exact) mass is 104 g/mol. The van der Waals surface area contributed by atoms with Crippen LogP contribution in [0.15, 0.2) is 6.20 Å². The van der Waals surface area contributed by atoms with E-state index in [0.717, 1.165) is 0 Å². The minimum absolute atomic E-state index is 0.454. The van der Waals surface area contributed by atoms with Gasteiger partial charge in [-0.2, -0.15) is 5.10 Å². The van der Waals surface area contributed by atoms with Gasteiger partial charge in [-0.1, -0.05) is 5.21 Å². The fourth-order valence-corrected chi connectivity index (χ4v) is 0.307. The molecule has 0 bridgehead atoms. The number of nitrogens with zero attached hydrogens (tertiary/aromatic N) is 1. The first-order valence-corrected chi connectivity index (χ1v) is 1.84. The Morgan fingerprint density at radius 3 is 3.00 bits per heavy atom. The summed E-state index contributed by atoms with van der Waals surface area (Å²) in [7, 11) is 0. The van der Waals surface area contributed by atoms with Gasteiger partial charge >= 0.3 is 5.15 Å². The maximum atomic E-state index is 5.28. The molecule has 4 heteroatoms. The third-order valence-electron chi connectivity index (χ3n) is 0.419. The number of rotatable bonds is 0. The molecular formula is C2H3ClN3+. The van der Waals surface area contributed by atoms with Gasteiger partial charge in [-0.05, 0) is 11.6 Å². The lowest BCUT2D eigenvalue weighted by Gasteiger charge is -1.45. The highest BCUT2D eigenvalue weighted by Gasteiger charge is 1.91. The molecule has 0 aromatic carbocycles. The Balaban J connectivity index is 3.05. The molecule has 1 rings (SSSR count). The molecular weight excluding hydrogens is 101 g/mol. The second kappa shape index (κ2) is 1.26. The Morgan fingerprint density at radius 1 is 2.00 bits per heavy atom. The van der Waals surface area contributed by atoms with Gasteiger partial charge < -0.3 is 0 Å². The van der Waals surface area contributed by atoms with Gasteiger partial charge in [0.2, 0.25) is 0 Å². The second-order valence-corrected chi connectivity index (χ2v) is 1.22. The fraction of sp³-hybridized carbons (Fsp3) is 0. The van der Waals surface area contributed by atoms with Crippen LogP contribution in [0.2, 0.25) is 5.15 Å². The second-order valence-electron chi connectivity index (χ2n) is 0.835. The lowest BCUT2D eigenvalue weighted by molar-refractivity contribution is -0.454. The first-order valence-electron chi connectivity index (χ1n) is 1.46. The molecule has 0 fully saturated rings. The van der Waals surface area contributed by atoms with Crippen LogP contribution in [0.5, 0.6) is 0 Å².